The van der Waals surface area contributed by atoms with E-state index in [-0.39, 0.29) is 6.61 Å². The van der Waals surface area contributed by atoms with Crippen LogP contribution in [-0.2, 0) is 18.9 Å². The van der Waals surface area contributed by atoms with Crippen molar-refractivity contribution in [3.05, 3.63) is 70.8 Å². The van der Waals surface area contributed by atoms with Crippen LogP contribution in [0, 0.1) is 6.92 Å². The van der Waals surface area contributed by atoms with Gasteiger partial charge in [0.25, 0.3) is 0 Å². The van der Waals surface area contributed by atoms with Crippen molar-refractivity contribution in [1.29, 1.82) is 0 Å². The number of carbonyl (C=O) groups is 1. The summed E-state index contributed by atoms with van der Waals surface area (Å²) in [5, 5.41) is 31.3. The number of aliphatic hydroxyl groups excluding tert-OH is 2. The van der Waals surface area contributed by atoms with E-state index in [1.165, 1.54) is 7.11 Å². The normalized spacial score (nSPS) is 31.1. The average molecular weight is 430 g/mol. The monoisotopic (exact) mass is 430 g/mol. The van der Waals surface area contributed by atoms with E-state index in [2.05, 4.69) is 0 Å². The molecule has 2 aromatic rings. The van der Waals surface area contributed by atoms with Gasteiger partial charge in [-0.1, -0.05) is 42.0 Å². The summed E-state index contributed by atoms with van der Waals surface area (Å²) in [6.45, 7) is 1.31. The van der Waals surface area contributed by atoms with E-state index in [4.69, 9.17) is 18.9 Å². The van der Waals surface area contributed by atoms with Crippen LogP contribution in [0.4, 0.5) is 0 Å². The molecule has 2 saturated heterocycles. The molecule has 0 bridgehead atoms. The van der Waals surface area contributed by atoms with Gasteiger partial charge in [-0.15, -0.1) is 0 Å². The maximum absolute atomic E-state index is 11.6. The first-order valence-electron chi connectivity index (χ1n) is 10.1. The van der Waals surface area contributed by atoms with Gasteiger partial charge in [-0.3, -0.25) is 0 Å². The molecule has 0 spiro atoms. The minimum absolute atomic E-state index is 0.103. The van der Waals surface area contributed by atoms with Crippen LogP contribution in [-0.4, -0.2) is 65.5 Å². The number of fused-ring (bicyclic) bond motifs is 1. The quantitative estimate of drug-likeness (QED) is 0.611. The molecule has 0 saturated carbocycles. The summed E-state index contributed by atoms with van der Waals surface area (Å²) in [6, 6.07) is 14.0. The lowest BCUT2D eigenvalue weighted by atomic mass is 9.85. The lowest BCUT2D eigenvalue weighted by Gasteiger charge is -2.41. The fourth-order valence-electron chi connectivity index (χ4n) is 4.09. The molecule has 2 aromatic carbocycles. The summed E-state index contributed by atoms with van der Waals surface area (Å²) in [6.07, 6.45) is -4.79. The summed E-state index contributed by atoms with van der Waals surface area (Å²) < 4.78 is 22.6. The molecule has 31 heavy (non-hydrogen) atoms. The van der Waals surface area contributed by atoms with Gasteiger partial charge >= 0.3 is 5.97 Å². The van der Waals surface area contributed by atoms with E-state index >= 15 is 0 Å². The van der Waals surface area contributed by atoms with Gasteiger partial charge in [0, 0.05) is 5.56 Å². The number of benzene rings is 2. The Morgan fingerprint density at radius 3 is 2.39 bits per heavy atom. The molecular weight excluding hydrogens is 404 g/mol. The van der Waals surface area contributed by atoms with Crippen molar-refractivity contribution in [3.63, 3.8) is 0 Å². The number of ether oxygens (including phenoxy) is 4. The average Bonchev–Trinajstić information content (AvgIpc) is 3.11. The Balaban J connectivity index is 1.61. The summed E-state index contributed by atoms with van der Waals surface area (Å²) >= 11 is 0. The highest BCUT2D eigenvalue weighted by molar-refractivity contribution is 5.89. The zero-order chi connectivity index (χ0) is 22.2. The third-order valence-corrected chi connectivity index (χ3v) is 5.82. The van der Waals surface area contributed by atoms with E-state index in [0.717, 1.165) is 11.1 Å². The number of hydrogen-bond acceptors (Lipinski definition) is 8. The summed E-state index contributed by atoms with van der Waals surface area (Å²) in [4.78, 5) is 11.6. The van der Waals surface area contributed by atoms with Crippen molar-refractivity contribution in [2.24, 2.45) is 0 Å². The predicted molar refractivity (Wildman–Crippen MR) is 108 cm³/mol. The maximum Gasteiger partial charge on any atom is 0.337 e. The minimum atomic E-state index is -1.56. The summed E-state index contributed by atoms with van der Waals surface area (Å²) in [7, 11) is 1.31. The molecule has 166 valence electrons. The largest absolute Gasteiger partial charge is 0.465 e. The number of aryl methyl sites for hydroxylation is 1. The first kappa shape index (κ1) is 21.9. The Kier molecular flexibility index (Phi) is 6.11. The highest BCUT2D eigenvalue weighted by atomic mass is 16.7. The van der Waals surface area contributed by atoms with Crippen LogP contribution in [0.15, 0.2) is 48.5 Å². The highest BCUT2D eigenvalue weighted by Gasteiger charge is 2.61. The molecule has 3 unspecified atom stereocenters. The van der Waals surface area contributed by atoms with Gasteiger partial charge in [-0.05, 0) is 24.6 Å². The van der Waals surface area contributed by atoms with Gasteiger partial charge in [0.1, 0.15) is 30.0 Å². The number of methoxy groups -OCH3 is 1. The molecule has 0 radical (unpaired) electrons. The third kappa shape index (κ3) is 3.98. The summed E-state index contributed by atoms with van der Waals surface area (Å²) in [5.41, 5.74) is 1.24. The third-order valence-electron chi connectivity index (χ3n) is 5.82. The van der Waals surface area contributed by atoms with Crippen molar-refractivity contribution in [1.82, 2.24) is 0 Å². The van der Waals surface area contributed by atoms with Gasteiger partial charge < -0.3 is 34.3 Å². The predicted octanol–water partition coefficient (Wildman–Crippen LogP) is 1.42. The van der Waals surface area contributed by atoms with Crippen LogP contribution in [0.3, 0.4) is 0 Å². The number of hydrogen-bond donors (Lipinski definition) is 3. The lowest BCUT2D eigenvalue weighted by Crippen LogP contribution is -2.56. The molecule has 8 nitrogen and oxygen atoms in total. The standard InChI is InChI=1S/C23H26O8/c1-13-3-5-14(6-4-13)19-23(27)12-29-22(31-20(23)18(30-19)17(25)11-24)16-9-7-15(8-10-16)21(26)28-2/h3-10,17-20,22,24-25,27H,11-12H2,1-2H3/t17?,18-,19?,20+,22?,23-/m1/s1. The lowest BCUT2D eigenvalue weighted by molar-refractivity contribution is -0.292. The molecule has 0 aromatic heterocycles. The Labute approximate surface area is 179 Å². The van der Waals surface area contributed by atoms with Crippen LogP contribution in [0.25, 0.3) is 0 Å². The van der Waals surface area contributed by atoms with E-state index in [9.17, 15) is 20.1 Å². The van der Waals surface area contributed by atoms with Crippen molar-refractivity contribution < 1.29 is 39.1 Å². The molecule has 2 aliphatic rings. The van der Waals surface area contributed by atoms with E-state index in [0.29, 0.717) is 11.1 Å². The zero-order valence-electron chi connectivity index (χ0n) is 17.3. The van der Waals surface area contributed by atoms with E-state index in [1.807, 2.05) is 31.2 Å². The molecule has 2 fully saturated rings. The van der Waals surface area contributed by atoms with Crippen LogP contribution in [0.2, 0.25) is 0 Å². The van der Waals surface area contributed by atoms with E-state index in [1.54, 1.807) is 24.3 Å². The van der Waals surface area contributed by atoms with Crippen molar-refractivity contribution in [2.45, 2.75) is 43.2 Å². The Bertz CT molecular complexity index is 912. The zero-order valence-corrected chi connectivity index (χ0v) is 17.3. The number of carbonyl (C=O) groups excluding carboxylic acids is 1. The van der Waals surface area contributed by atoms with Gasteiger partial charge in [0.2, 0.25) is 0 Å². The topological polar surface area (TPSA) is 115 Å². The second-order valence-corrected chi connectivity index (χ2v) is 7.95. The second-order valence-electron chi connectivity index (χ2n) is 7.95. The molecule has 4 rings (SSSR count). The molecule has 2 heterocycles. The molecule has 2 aliphatic heterocycles. The molecule has 0 aliphatic carbocycles. The van der Waals surface area contributed by atoms with Gasteiger partial charge in [-0.2, -0.15) is 0 Å². The molecule has 6 atom stereocenters. The van der Waals surface area contributed by atoms with Crippen LogP contribution < -0.4 is 0 Å². The number of rotatable bonds is 5. The smallest absolute Gasteiger partial charge is 0.337 e. The van der Waals surface area contributed by atoms with Crippen LogP contribution in [0.1, 0.15) is 39.4 Å². The Hall–Kier alpha value is -2.33. The molecule has 8 heteroatoms. The summed E-state index contributed by atoms with van der Waals surface area (Å²) in [5.74, 6) is -0.456. The molecule has 0 amide bonds. The van der Waals surface area contributed by atoms with Crippen LogP contribution >= 0.6 is 0 Å². The number of aliphatic hydroxyl groups is 3. The molecule has 3 N–H and O–H groups in total. The number of esters is 1. The fraction of sp³-hybridized carbons (Fsp3) is 0.435. The second kappa shape index (κ2) is 8.66. The van der Waals surface area contributed by atoms with Crippen molar-refractivity contribution >= 4 is 5.97 Å². The van der Waals surface area contributed by atoms with Crippen LogP contribution in [0.5, 0.6) is 0 Å². The van der Waals surface area contributed by atoms with Gasteiger partial charge in [0.05, 0.1) is 25.9 Å². The highest BCUT2D eigenvalue weighted by Crippen LogP contribution is 2.49. The van der Waals surface area contributed by atoms with Gasteiger partial charge in [-0.25, -0.2) is 4.79 Å². The van der Waals surface area contributed by atoms with Crippen molar-refractivity contribution in [2.75, 3.05) is 20.3 Å². The van der Waals surface area contributed by atoms with E-state index < -0.39 is 48.9 Å². The SMILES string of the molecule is COC(=O)c1ccc(C2OC[C@@]3(O)C(c4ccc(C)cc4)O[C@H](C(O)CO)[C@@H]3O2)cc1. The van der Waals surface area contributed by atoms with Crippen molar-refractivity contribution in [3.8, 4) is 0 Å². The first-order chi connectivity index (χ1) is 14.9. The molecular formula is C23H26O8. The van der Waals surface area contributed by atoms with Gasteiger partial charge in [0.15, 0.2) is 6.29 Å². The minimum Gasteiger partial charge on any atom is -0.465 e. The fourth-order valence-corrected chi connectivity index (χ4v) is 4.09. The maximum atomic E-state index is 11.6. The Morgan fingerprint density at radius 2 is 1.77 bits per heavy atom. The Morgan fingerprint density at radius 1 is 1.13 bits per heavy atom. The first-order valence-corrected chi connectivity index (χ1v) is 10.1.